The molecule has 0 aliphatic carbocycles. The zero-order valence-corrected chi connectivity index (χ0v) is 6.20. The van der Waals surface area contributed by atoms with Crippen molar-refractivity contribution in [1.29, 1.82) is 0 Å². The zero-order valence-electron chi connectivity index (χ0n) is 3.83. The molecule has 0 saturated heterocycles. The van der Waals surface area contributed by atoms with Gasteiger partial charge in [-0.1, -0.05) is 0 Å². The van der Waals surface area contributed by atoms with Crippen molar-refractivity contribution >= 4 is 10.4 Å². The van der Waals surface area contributed by atoms with Crippen LogP contribution in [0.1, 0.15) is 0 Å². The maximum Gasteiger partial charge on any atom is 0.394 e. The summed E-state index contributed by atoms with van der Waals surface area (Å²) in [5, 5.41) is 0. The molecule has 8 heteroatoms. The molecule has 0 amide bonds. The Kier molecular flexibility index (Phi) is 22.1. The molecular weight excluding hydrogens is 174 g/mol. The van der Waals surface area contributed by atoms with Crippen LogP contribution in [-0.4, -0.2) is 23.0 Å². The van der Waals surface area contributed by atoms with Crippen molar-refractivity contribution in [3.8, 4) is 0 Å². The molecule has 0 aliphatic heterocycles. The molecule has 6 nitrogen and oxygen atoms in total. The van der Waals surface area contributed by atoms with E-state index in [4.69, 9.17) is 17.5 Å². The molecule has 0 aromatic heterocycles. The van der Waals surface area contributed by atoms with E-state index in [1.807, 2.05) is 0 Å². The van der Waals surface area contributed by atoms with Gasteiger partial charge in [-0.2, -0.15) is 8.42 Å². The fourth-order valence-corrected chi connectivity index (χ4v) is 0. The Morgan fingerprint density at radius 3 is 1.12 bits per heavy atom. The first-order chi connectivity index (χ1) is 2.00. The van der Waals surface area contributed by atoms with Crippen molar-refractivity contribution < 1.29 is 44.7 Å². The molecule has 52 valence electrons. The van der Waals surface area contributed by atoms with Crippen molar-refractivity contribution in [2.75, 3.05) is 0 Å². The summed E-state index contributed by atoms with van der Waals surface area (Å²) in [6.45, 7) is 0. The minimum absolute atomic E-state index is 0. The third-order valence-electron chi connectivity index (χ3n) is 0. The summed E-state index contributed by atoms with van der Waals surface area (Å²) in [4.78, 5) is 0. The van der Waals surface area contributed by atoms with Gasteiger partial charge in [0.15, 0.2) is 0 Å². The molecule has 0 unspecified atom stereocenters. The zero-order chi connectivity index (χ0) is 4.50. The Labute approximate surface area is 61.6 Å². The molecule has 0 fully saturated rings. The van der Waals surface area contributed by atoms with E-state index in [1.165, 1.54) is 0 Å². The summed E-state index contributed by atoms with van der Waals surface area (Å²) >= 11 is 0. The molecule has 0 aliphatic rings. The second kappa shape index (κ2) is 7.50. The van der Waals surface area contributed by atoms with E-state index in [1.54, 1.807) is 0 Å². The summed E-state index contributed by atoms with van der Waals surface area (Å²) in [6, 6.07) is 0. The minimum atomic E-state index is -4.67. The second-order valence-corrected chi connectivity index (χ2v) is 1.34. The first-order valence-electron chi connectivity index (χ1n) is 0.698. The molecule has 0 heterocycles. The van der Waals surface area contributed by atoms with E-state index in [0.29, 0.717) is 0 Å². The summed E-state index contributed by atoms with van der Waals surface area (Å²) in [5.74, 6) is 0. The first kappa shape index (κ1) is 23.6. The van der Waals surface area contributed by atoms with Gasteiger partial charge in [0.05, 0.1) is 0 Å². The molecule has 0 saturated carbocycles. The Hall–Kier alpha value is 0.504. The maximum atomic E-state index is 8.74. The van der Waals surface area contributed by atoms with Gasteiger partial charge in [-0.25, -0.2) is 0 Å². The Balaban J connectivity index is -0.0000000267. The predicted molar refractivity (Wildman–Crippen MR) is 22.8 cm³/mol. The third-order valence-corrected chi connectivity index (χ3v) is 0. The molecule has 8 heavy (non-hydrogen) atoms. The Morgan fingerprint density at radius 1 is 1.12 bits per heavy atom. The van der Waals surface area contributed by atoms with Gasteiger partial charge >= 0.3 is 10.4 Å². The van der Waals surface area contributed by atoms with E-state index >= 15 is 0 Å². The summed E-state index contributed by atoms with van der Waals surface area (Å²) in [5.41, 5.74) is 0. The molecule has 7 N–H and O–H groups in total. The van der Waals surface area contributed by atoms with Crippen LogP contribution in [0.5, 0.6) is 0 Å². The average molecular weight is 181 g/mol. The van der Waals surface area contributed by atoms with Crippen LogP contribution in [0.3, 0.4) is 0 Å². The quantitative estimate of drug-likeness (QED) is 0.314. The summed E-state index contributed by atoms with van der Waals surface area (Å²) in [7, 11) is -4.67. The molecule has 0 aromatic carbocycles. The van der Waals surface area contributed by atoms with E-state index < -0.39 is 10.4 Å². The van der Waals surface area contributed by atoms with E-state index in [9.17, 15) is 0 Å². The Morgan fingerprint density at radius 2 is 1.12 bits per heavy atom. The summed E-state index contributed by atoms with van der Waals surface area (Å²) < 4.78 is 31.6. The smallest absolute Gasteiger partial charge is 0.394 e. The van der Waals surface area contributed by atoms with E-state index in [-0.39, 0.29) is 33.3 Å². The van der Waals surface area contributed by atoms with Gasteiger partial charge in [0, 0.05) is 21.7 Å². The minimum Gasteiger partial charge on any atom is -0.412 e. The fourth-order valence-electron chi connectivity index (χ4n) is 0. The van der Waals surface area contributed by atoms with Crippen molar-refractivity contribution in [3.63, 3.8) is 0 Å². The van der Waals surface area contributed by atoms with Crippen LogP contribution >= 0.6 is 0 Å². The van der Waals surface area contributed by atoms with Crippen molar-refractivity contribution in [3.05, 3.63) is 0 Å². The van der Waals surface area contributed by atoms with Crippen molar-refractivity contribution in [2.45, 2.75) is 0 Å². The van der Waals surface area contributed by atoms with Gasteiger partial charge in [-0.05, 0) is 0 Å². The summed E-state index contributed by atoms with van der Waals surface area (Å²) in [6.07, 6.45) is 0. The van der Waals surface area contributed by atoms with Crippen LogP contribution in [0.4, 0.5) is 0 Å². The fraction of sp³-hybridized carbons (Fsp3) is 0. The van der Waals surface area contributed by atoms with Gasteiger partial charge in [0.2, 0.25) is 0 Å². The van der Waals surface area contributed by atoms with Gasteiger partial charge in [0.25, 0.3) is 0 Å². The third kappa shape index (κ3) is 775. The molecule has 0 spiro atoms. The number of rotatable bonds is 0. The largest absolute Gasteiger partial charge is 0.412 e. The second-order valence-electron chi connectivity index (χ2n) is 0.448. The molecule has 0 rings (SSSR count). The average Bonchev–Trinajstić information content (AvgIpc) is 0.722. The monoisotopic (exact) mass is 181 g/mol. The first-order valence-corrected chi connectivity index (χ1v) is 2.10. The van der Waals surface area contributed by atoms with Crippen LogP contribution in [-0.2, 0) is 32.1 Å². The molecule has 0 bridgehead atoms. The molecular formula is H7NO5STi. The molecule has 0 atom stereocenters. The van der Waals surface area contributed by atoms with Gasteiger partial charge in [-0.3, -0.25) is 9.11 Å². The van der Waals surface area contributed by atoms with Crippen LogP contribution in [0.15, 0.2) is 0 Å². The normalized spacial score (nSPS) is 7.25. The van der Waals surface area contributed by atoms with Gasteiger partial charge in [0.1, 0.15) is 0 Å². The van der Waals surface area contributed by atoms with Crippen LogP contribution < -0.4 is 6.15 Å². The molecule has 0 aromatic rings. The van der Waals surface area contributed by atoms with E-state index in [0.717, 1.165) is 0 Å². The predicted octanol–water partition coefficient (Wildman–Crippen LogP) is -1.32. The van der Waals surface area contributed by atoms with Crippen LogP contribution in [0, 0.1) is 0 Å². The number of hydrogen-bond acceptors (Lipinski definition) is 3. The van der Waals surface area contributed by atoms with Gasteiger partial charge in [-0.15, -0.1) is 0 Å². The molecule has 0 radical (unpaired) electrons. The van der Waals surface area contributed by atoms with Crippen LogP contribution in [0.2, 0.25) is 0 Å². The standard InChI is InChI=1S/H3N.H2O4S.H2O.Ti/c;1-5(2,3)4;;/h1H3;(H2,1,2,3,4);1H2;. The SMILES string of the molecule is N.O.O=S(=O)(O)O.[Ti]. The van der Waals surface area contributed by atoms with Crippen LogP contribution in [0.25, 0.3) is 0 Å². The van der Waals surface area contributed by atoms with Crippen molar-refractivity contribution in [2.24, 2.45) is 0 Å². The van der Waals surface area contributed by atoms with E-state index in [2.05, 4.69) is 0 Å². The van der Waals surface area contributed by atoms with Crippen molar-refractivity contribution in [1.82, 2.24) is 6.15 Å². The number of hydrogen-bond donors (Lipinski definition) is 3. The Bertz CT molecular complexity index is 95.6. The topological polar surface area (TPSA) is 141 Å². The van der Waals surface area contributed by atoms with Gasteiger partial charge < -0.3 is 11.6 Å². The maximum absolute atomic E-state index is 8.74.